The van der Waals surface area contributed by atoms with Crippen LogP contribution in [0.25, 0.3) is 98.4 Å². The van der Waals surface area contributed by atoms with E-state index < -0.39 is 0 Å². The first kappa shape index (κ1) is 54.3. The molecule has 14 aromatic rings. The molecule has 0 atom stereocenters. The molecule has 16 rings (SSSR count). The van der Waals surface area contributed by atoms with Crippen LogP contribution in [0.3, 0.4) is 0 Å². The zero-order chi connectivity index (χ0) is 59.0. The molecule has 0 spiro atoms. The van der Waals surface area contributed by atoms with E-state index in [1.807, 2.05) is 0 Å². The molecule has 4 heteroatoms. The monoisotopic (exact) mass is 1140 g/mol. The van der Waals surface area contributed by atoms with Crippen molar-refractivity contribution < 1.29 is 8.83 Å². The summed E-state index contributed by atoms with van der Waals surface area (Å²) in [6, 6.07) is 78.8. The number of para-hydroxylation sites is 4. The van der Waals surface area contributed by atoms with Gasteiger partial charge in [0.1, 0.15) is 11.2 Å². The summed E-state index contributed by atoms with van der Waals surface area (Å²) in [6.07, 6.45) is 16.1. The number of hydrogen-bond donors (Lipinski definition) is 0. The molecule has 2 saturated carbocycles. The number of anilines is 6. The van der Waals surface area contributed by atoms with Crippen LogP contribution in [0, 0.1) is 0 Å². The minimum atomic E-state index is 0.426. The molecule has 434 valence electrons. The third-order valence-electron chi connectivity index (χ3n) is 20.6. The van der Waals surface area contributed by atoms with Crippen LogP contribution in [0.5, 0.6) is 0 Å². The van der Waals surface area contributed by atoms with Gasteiger partial charge in [0.2, 0.25) is 0 Å². The average molecular weight is 1150 g/mol. The van der Waals surface area contributed by atoms with Gasteiger partial charge in [-0.25, -0.2) is 0 Å². The van der Waals surface area contributed by atoms with E-state index >= 15 is 0 Å². The fraction of sp³-hybridized carbons (Fsp3) is 0.238. The predicted molar refractivity (Wildman–Crippen MR) is 374 cm³/mol. The first-order valence-electron chi connectivity index (χ1n) is 33.1. The topological polar surface area (TPSA) is 32.8 Å². The van der Waals surface area contributed by atoms with Gasteiger partial charge in [-0.15, -0.1) is 0 Å². The second-order valence-electron chi connectivity index (χ2n) is 25.3. The van der Waals surface area contributed by atoms with Crippen molar-refractivity contribution in [2.45, 2.75) is 129 Å². The minimum Gasteiger partial charge on any atom is -0.453 e. The van der Waals surface area contributed by atoms with E-state index in [9.17, 15) is 0 Å². The number of benzene rings is 12. The van der Waals surface area contributed by atoms with E-state index in [1.54, 1.807) is 0 Å². The Kier molecular flexibility index (Phi) is 13.9. The SMILES string of the molecule is CCc1ccc(N(c2cc(C3CCCCC3)c3ccc4c(N(c5ccc(CC)cc5)c5cccc6c5oc5c(-c7ccccc7CC)cccc56)cc(C5CCCCC5)c5ccc2c3c54)c2cccc3c2oc2c(-c4ccccc4CC)cccc23)cc1. The van der Waals surface area contributed by atoms with Crippen LogP contribution in [-0.2, 0) is 25.7 Å². The van der Waals surface area contributed by atoms with Crippen LogP contribution in [0.2, 0.25) is 0 Å². The average Bonchev–Trinajstić information content (AvgIpc) is 0.821. The van der Waals surface area contributed by atoms with Gasteiger partial charge in [-0.1, -0.05) is 224 Å². The number of aryl methyl sites for hydroxylation is 4. The lowest BCUT2D eigenvalue weighted by molar-refractivity contribution is 0.445. The van der Waals surface area contributed by atoms with E-state index in [0.29, 0.717) is 11.8 Å². The van der Waals surface area contributed by atoms with Crippen molar-refractivity contribution in [3.8, 4) is 22.3 Å². The highest BCUT2D eigenvalue weighted by molar-refractivity contribution is 6.30. The number of furan rings is 2. The Labute approximate surface area is 517 Å². The fourth-order valence-electron chi connectivity index (χ4n) is 16.0. The zero-order valence-electron chi connectivity index (χ0n) is 51.4. The third kappa shape index (κ3) is 8.91. The summed E-state index contributed by atoms with van der Waals surface area (Å²) in [5.74, 6) is 0.852. The summed E-state index contributed by atoms with van der Waals surface area (Å²) >= 11 is 0. The Morgan fingerprint density at radius 3 is 1.07 bits per heavy atom. The normalized spacial score (nSPS) is 14.5. The predicted octanol–water partition coefficient (Wildman–Crippen LogP) is 25.0. The second kappa shape index (κ2) is 22.5. The van der Waals surface area contributed by atoms with Gasteiger partial charge < -0.3 is 18.6 Å². The van der Waals surface area contributed by atoms with Crippen molar-refractivity contribution in [1.82, 2.24) is 0 Å². The van der Waals surface area contributed by atoms with E-state index in [2.05, 4.69) is 244 Å². The van der Waals surface area contributed by atoms with E-state index in [1.165, 1.54) is 152 Å². The molecule has 2 aliphatic rings. The van der Waals surface area contributed by atoms with Gasteiger partial charge in [-0.2, -0.15) is 0 Å². The second-order valence-corrected chi connectivity index (χ2v) is 25.3. The first-order chi connectivity index (χ1) is 43.5. The van der Waals surface area contributed by atoms with Gasteiger partial charge in [0.15, 0.2) is 11.2 Å². The molecule has 2 fully saturated rings. The van der Waals surface area contributed by atoms with Gasteiger partial charge >= 0.3 is 0 Å². The van der Waals surface area contributed by atoms with Gasteiger partial charge in [0.25, 0.3) is 0 Å². The van der Waals surface area contributed by atoms with Crippen LogP contribution < -0.4 is 9.80 Å². The minimum absolute atomic E-state index is 0.426. The Morgan fingerprint density at radius 2 is 0.670 bits per heavy atom. The lowest BCUT2D eigenvalue weighted by atomic mass is 9.77. The highest BCUT2D eigenvalue weighted by Crippen LogP contribution is 2.55. The van der Waals surface area contributed by atoms with Crippen molar-refractivity contribution in [2.24, 2.45) is 0 Å². The Bertz CT molecular complexity index is 4620. The summed E-state index contributed by atoms with van der Waals surface area (Å²) in [4.78, 5) is 5.14. The highest BCUT2D eigenvalue weighted by atomic mass is 16.3. The maximum absolute atomic E-state index is 7.47. The van der Waals surface area contributed by atoms with Crippen LogP contribution in [0.4, 0.5) is 34.1 Å². The molecule has 0 radical (unpaired) electrons. The lowest BCUT2D eigenvalue weighted by Gasteiger charge is -2.33. The van der Waals surface area contributed by atoms with Gasteiger partial charge in [0, 0.05) is 54.8 Å². The number of hydrogen-bond acceptors (Lipinski definition) is 4. The molecule has 0 aliphatic heterocycles. The van der Waals surface area contributed by atoms with Crippen molar-refractivity contribution in [1.29, 1.82) is 0 Å². The molecule has 2 aromatic heterocycles. The summed E-state index contributed by atoms with van der Waals surface area (Å²) in [5, 5.41) is 12.5. The molecule has 2 aliphatic carbocycles. The van der Waals surface area contributed by atoms with Gasteiger partial charge in [0.05, 0.1) is 22.7 Å². The number of nitrogens with zero attached hydrogens (tertiary/aromatic N) is 2. The van der Waals surface area contributed by atoms with Crippen LogP contribution >= 0.6 is 0 Å². The Morgan fingerprint density at radius 1 is 0.307 bits per heavy atom. The van der Waals surface area contributed by atoms with Gasteiger partial charge in [-0.3, -0.25) is 0 Å². The maximum atomic E-state index is 7.47. The van der Waals surface area contributed by atoms with Crippen molar-refractivity contribution in [3.63, 3.8) is 0 Å². The van der Waals surface area contributed by atoms with E-state index in [4.69, 9.17) is 8.83 Å². The smallest absolute Gasteiger partial charge is 0.159 e. The Balaban J connectivity index is 1.00. The standard InChI is InChI=1S/C84H76N2O2/c1-5-53-39-43-59(44-40-53)85(75-37-21-35-69-67-33-19-31-65(81(67)87-83(69)75)61-29-17-15-23-55(61)7-3)77-51-73(57-25-11-9-12-26-57)63-48-50-72-78(52-74(58-27-13-10-14-28-58)64-47-49-71(77)79(63)80(64)72)86(60-45-41-54(6-2)42-46-60)76-38-22-36-70-68-34-20-32-66(82(68)88-84(70)76)62-30-18-16-24-56(62)8-4/h15-24,29-52,57-58H,5-14,25-28H2,1-4H3. The Hall–Kier alpha value is -9.12. The quantitative estimate of drug-likeness (QED) is 0.102. The molecule has 0 amide bonds. The van der Waals surface area contributed by atoms with E-state index in [-0.39, 0.29) is 0 Å². The van der Waals surface area contributed by atoms with Crippen molar-refractivity contribution in [2.75, 3.05) is 9.80 Å². The lowest BCUT2D eigenvalue weighted by Crippen LogP contribution is -2.15. The fourth-order valence-corrected chi connectivity index (χ4v) is 16.0. The molecule has 88 heavy (non-hydrogen) atoms. The molecule has 0 saturated heterocycles. The molecule has 2 heterocycles. The summed E-state index contributed by atoms with van der Waals surface area (Å²) < 4.78 is 14.9. The summed E-state index contributed by atoms with van der Waals surface area (Å²) in [5.41, 5.74) is 23.3. The molecule has 4 nitrogen and oxygen atoms in total. The summed E-state index contributed by atoms with van der Waals surface area (Å²) in [7, 11) is 0. The largest absolute Gasteiger partial charge is 0.453 e. The van der Waals surface area contributed by atoms with Gasteiger partial charge in [-0.05, 0) is 178 Å². The molecule has 12 aromatic carbocycles. The van der Waals surface area contributed by atoms with Crippen molar-refractivity contribution in [3.05, 3.63) is 240 Å². The molecular weight excluding hydrogens is 1070 g/mol. The number of fused-ring (bicyclic) bond motifs is 6. The maximum Gasteiger partial charge on any atom is 0.159 e. The molecule has 0 bridgehead atoms. The third-order valence-corrected chi connectivity index (χ3v) is 20.6. The first-order valence-corrected chi connectivity index (χ1v) is 33.1. The van der Waals surface area contributed by atoms with Crippen molar-refractivity contribution >= 4 is 110 Å². The van der Waals surface area contributed by atoms with Crippen LogP contribution in [0.15, 0.2) is 215 Å². The molecular formula is C84H76N2O2. The van der Waals surface area contributed by atoms with E-state index in [0.717, 1.165) is 103 Å². The zero-order valence-corrected chi connectivity index (χ0v) is 51.4. The number of rotatable bonds is 14. The highest BCUT2D eigenvalue weighted by Gasteiger charge is 2.32. The summed E-state index contributed by atoms with van der Waals surface area (Å²) in [6.45, 7) is 9.01. The van der Waals surface area contributed by atoms with Crippen LogP contribution in [0.1, 0.15) is 137 Å². The van der Waals surface area contributed by atoms with Crippen LogP contribution in [-0.4, -0.2) is 0 Å². The molecule has 0 unspecified atom stereocenters. The molecule has 0 N–H and O–H groups in total.